The van der Waals surface area contributed by atoms with E-state index in [0.717, 1.165) is 0 Å². The van der Waals surface area contributed by atoms with E-state index in [0.29, 0.717) is 5.39 Å². The Labute approximate surface area is 141 Å². The maximum absolute atomic E-state index is 10.7. The SMILES string of the molecule is COc1ncnc2c1c(/C(N)=N\O)cn2[C@@H]1O[C@H](CO)[C@@H](O)[C@@]1(C)O. The van der Waals surface area contributed by atoms with Gasteiger partial charge in [0.05, 0.1) is 24.7 Å². The van der Waals surface area contributed by atoms with E-state index in [1.54, 1.807) is 0 Å². The number of aliphatic hydroxyl groups is 3. The minimum atomic E-state index is -1.72. The molecular formula is C14H19N5O6. The van der Waals surface area contributed by atoms with Gasteiger partial charge in [-0.1, -0.05) is 5.16 Å². The Balaban J connectivity index is 2.24. The lowest BCUT2D eigenvalue weighted by atomic mass is 9.96. The van der Waals surface area contributed by atoms with Crippen LogP contribution in [0.3, 0.4) is 0 Å². The molecule has 1 saturated heterocycles. The third-order valence-electron chi connectivity index (χ3n) is 4.34. The van der Waals surface area contributed by atoms with Crippen molar-refractivity contribution in [2.75, 3.05) is 13.7 Å². The molecule has 0 bridgehead atoms. The lowest BCUT2D eigenvalue weighted by Crippen LogP contribution is -2.44. The Hall–Kier alpha value is -2.47. The van der Waals surface area contributed by atoms with Crippen LogP contribution in [0.1, 0.15) is 18.7 Å². The van der Waals surface area contributed by atoms with E-state index in [2.05, 4.69) is 15.1 Å². The number of aliphatic hydroxyl groups excluding tert-OH is 2. The highest BCUT2D eigenvalue weighted by atomic mass is 16.6. The number of aromatic nitrogens is 3. The molecule has 1 aliphatic rings. The second-order valence-electron chi connectivity index (χ2n) is 5.90. The van der Waals surface area contributed by atoms with Crippen LogP contribution in [0.5, 0.6) is 5.88 Å². The maximum atomic E-state index is 10.7. The second-order valence-corrected chi connectivity index (χ2v) is 5.90. The minimum Gasteiger partial charge on any atom is -0.480 e. The fourth-order valence-corrected chi connectivity index (χ4v) is 3.03. The van der Waals surface area contributed by atoms with Crippen molar-refractivity contribution in [3.05, 3.63) is 18.1 Å². The van der Waals surface area contributed by atoms with E-state index in [-0.39, 0.29) is 22.9 Å². The summed E-state index contributed by atoms with van der Waals surface area (Å²) in [5, 5.41) is 42.6. The zero-order chi connectivity index (χ0) is 18.4. The first-order valence-electron chi connectivity index (χ1n) is 7.41. The van der Waals surface area contributed by atoms with Gasteiger partial charge in [0.1, 0.15) is 29.8 Å². The molecule has 25 heavy (non-hydrogen) atoms. The molecule has 11 heteroatoms. The van der Waals surface area contributed by atoms with Crippen molar-refractivity contribution in [3.63, 3.8) is 0 Å². The Morgan fingerprint density at radius 1 is 1.52 bits per heavy atom. The van der Waals surface area contributed by atoms with Gasteiger partial charge in [0, 0.05) is 6.20 Å². The molecule has 0 saturated carbocycles. The van der Waals surface area contributed by atoms with Gasteiger partial charge in [0.25, 0.3) is 0 Å². The van der Waals surface area contributed by atoms with Crippen molar-refractivity contribution in [2.45, 2.75) is 31.0 Å². The topological polar surface area (TPSA) is 168 Å². The first-order chi connectivity index (χ1) is 11.9. The van der Waals surface area contributed by atoms with Gasteiger partial charge in [-0.25, -0.2) is 9.97 Å². The number of fused-ring (bicyclic) bond motifs is 1. The standard InChI is InChI=1S/C14H19N5O6/c1-14(22)9(21)7(4-20)25-13(14)19-3-6(10(15)18-23)8-11(19)16-5-17-12(8)24-2/h3,5,7,9,13,20-23H,4H2,1-2H3,(H2,15,18)/t7-,9-,13-,14-/m1/s1. The fraction of sp³-hybridized carbons (Fsp3) is 0.500. The molecule has 0 aromatic carbocycles. The van der Waals surface area contributed by atoms with Crippen LogP contribution in [0.4, 0.5) is 0 Å². The predicted molar refractivity (Wildman–Crippen MR) is 84.2 cm³/mol. The highest BCUT2D eigenvalue weighted by molar-refractivity contribution is 6.09. The summed E-state index contributed by atoms with van der Waals surface area (Å²) < 4.78 is 12.2. The minimum absolute atomic E-state index is 0.183. The zero-order valence-electron chi connectivity index (χ0n) is 13.6. The second kappa shape index (κ2) is 6.11. The van der Waals surface area contributed by atoms with E-state index < -0.39 is 30.6 Å². The Kier molecular flexibility index (Phi) is 4.24. The molecule has 136 valence electrons. The van der Waals surface area contributed by atoms with Gasteiger partial charge in [-0.3, -0.25) is 0 Å². The molecule has 6 N–H and O–H groups in total. The molecule has 0 spiro atoms. The monoisotopic (exact) mass is 353 g/mol. The lowest BCUT2D eigenvalue weighted by molar-refractivity contribution is -0.0948. The average Bonchev–Trinajstić information content (AvgIpc) is 3.10. The summed E-state index contributed by atoms with van der Waals surface area (Å²) in [5.74, 6) is -0.0315. The molecule has 1 aliphatic heterocycles. The summed E-state index contributed by atoms with van der Waals surface area (Å²) in [5.41, 5.74) is 4.55. The van der Waals surface area contributed by atoms with Crippen LogP contribution in [-0.2, 0) is 4.74 Å². The highest BCUT2D eigenvalue weighted by Crippen LogP contribution is 2.41. The molecule has 0 radical (unpaired) electrons. The largest absolute Gasteiger partial charge is 0.480 e. The summed E-state index contributed by atoms with van der Waals surface area (Å²) in [4.78, 5) is 8.15. The first kappa shape index (κ1) is 17.4. The number of hydrogen-bond donors (Lipinski definition) is 5. The number of hydrogen-bond acceptors (Lipinski definition) is 9. The fourth-order valence-electron chi connectivity index (χ4n) is 3.03. The van der Waals surface area contributed by atoms with Crippen LogP contribution in [0.15, 0.2) is 17.7 Å². The molecule has 0 unspecified atom stereocenters. The van der Waals surface area contributed by atoms with Crippen molar-refractivity contribution in [2.24, 2.45) is 10.9 Å². The van der Waals surface area contributed by atoms with Crippen molar-refractivity contribution in [1.29, 1.82) is 0 Å². The van der Waals surface area contributed by atoms with Crippen LogP contribution in [-0.4, -0.2) is 72.4 Å². The number of nitrogens with zero attached hydrogens (tertiary/aromatic N) is 4. The molecule has 3 heterocycles. The Morgan fingerprint density at radius 3 is 2.80 bits per heavy atom. The molecule has 1 fully saturated rings. The smallest absolute Gasteiger partial charge is 0.226 e. The van der Waals surface area contributed by atoms with E-state index >= 15 is 0 Å². The normalized spacial score (nSPS) is 30.1. The maximum Gasteiger partial charge on any atom is 0.226 e. The van der Waals surface area contributed by atoms with Gasteiger partial charge in [-0.2, -0.15) is 0 Å². The zero-order valence-corrected chi connectivity index (χ0v) is 13.6. The summed E-state index contributed by atoms with van der Waals surface area (Å²) in [6, 6.07) is 0. The van der Waals surface area contributed by atoms with Gasteiger partial charge in [-0.15, -0.1) is 0 Å². The number of amidine groups is 1. The van der Waals surface area contributed by atoms with Crippen molar-refractivity contribution in [1.82, 2.24) is 14.5 Å². The third-order valence-corrected chi connectivity index (χ3v) is 4.34. The van der Waals surface area contributed by atoms with E-state index in [4.69, 9.17) is 20.4 Å². The van der Waals surface area contributed by atoms with Crippen molar-refractivity contribution >= 4 is 16.9 Å². The molecule has 0 aliphatic carbocycles. The van der Waals surface area contributed by atoms with Crippen LogP contribution < -0.4 is 10.5 Å². The first-order valence-corrected chi connectivity index (χ1v) is 7.41. The number of rotatable bonds is 4. The molecule has 4 atom stereocenters. The summed E-state index contributed by atoms with van der Waals surface area (Å²) in [7, 11) is 1.41. The van der Waals surface area contributed by atoms with Gasteiger partial charge in [0.15, 0.2) is 12.1 Å². The summed E-state index contributed by atoms with van der Waals surface area (Å²) in [6.07, 6.45) is -0.689. The molecule has 0 amide bonds. The van der Waals surface area contributed by atoms with Crippen LogP contribution >= 0.6 is 0 Å². The quantitative estimate of drug-likeness (QED) is 0.191. The number of methoxy groups -OCH3 is 1. The molecular weight excluding hydrogens is 334 g/mol. The molecule has 2 aromatic heterocycles. The summed E-state index contributed by atoms with van der Waals surface area (Å²) in [6.45, 7) is 0.907. The Bertz CT molecular complexity index is 819. The van der Waals surface area contributed by atoms with Crippen LogP contribution in [0.25, 0.3) is 11.0 Å². The van der Waals surface area contributed by atoms with Crippen molar-refractivity contribution in [3.8, 4) is 5.88 Å². The van der Waals surface area contributed by atoms with Crippen molar-refractivity contribution < 1.29 is 30.0 Å². The van der Waals surface area contributed by atoms with E-state index in [1.807, 2.05) is 0 Å². The molecule has 2 aromatic rings. The number of oxime groups is 1. The van der Waals surface area contributed by atoms with Gasteiger partial charge >= 0.3 is 0 Å². The highest BCUT2D eigenvalue weighted by Gasteiger charge is 2.53. The van der Waals surface area contributed by atoms with Gasteiger partial charge < -0.3 is 40.3 Å². The van der Waals surface area contributed by atoms with Crippen LogP contribution in [0, 0.1) is 0 Å². The Morgan fingerprint density at radius 2 is 2.24 bits per heavy atom. The van der Waals surface area contributed by atoms with Gasteiger partial charge in [-0.05, 0) is 6.92 Å². The third kappa shape index (κ3) is 2.48. The number of nitrogens with two attached hydrogens (primary N) is 1. The summed E-state index contributed by atoms with van der Waals surface area (Å²) >= 11 is 0. The van der Waals surface area contributed by atoms with Gasteiger partial charge in [0.2, 0.25) is 5.88 Å². The molecule has 3 rings (SSSR count). The average molecular weight is 353 g/mol. The van der Waals surface area contributed by atoms with Crippen LogP contribution in [0.2, 0.25) is 0 Å². The van der Waals surface area contributed by atoms with E-state index in [1.165, 1.54) is 31.1 Å². The predicted octanol–water partition coefficient (Wildman–Crippen LogP) is -1.46. The number of ether oxygens (including phenoxy) is 2. The van der Waals surface area contributed by atoms with E-state index in [9.17, 15) is 15.3 Å². The lowest BCUT2D eigenvalue weighted by Gasteiger charge is -2.27. The molecule has 11 nitrogen and oxygen atoms in total.